The number of methoxy groups -OCH3 is 1. The van der Waals surface area contributed by atoms with Gasteiger partial charge in [0, 0.05) is 52.6 Å². The molecule has 0 atom stereocenters. The Labute approximate surface area is 195 Å². The number of ether oxygens (including phenoxy) is 1. The Balaban J connectivity index is 0.00000320. The summed E-state index contributed by atoms with van der Waals surface area (Å²) in [5.41, 5.74) is 1.25. The number of nitrogens with zero attached hydrogens (tertiary/aromatic N) is 3. The fourth-order valence-corrected chi connectivity index (χ4v) is 3.34. The van der Waals surface area contributed by atoms with Gasteiger partial charge >= 0.3 is 0 Å². The third-order valence-corrected chi connectivity index (χ3v) is 5.08. The number of hydrogen-bond acceptors (Lipinski definition) is 4. The standard InChI is InChI=1S/C22H30N4O3.HI/c1-18(27)25-13-15-26(16-14-25)22(24-12-10-21-4-3-17-29-21)23-11-9-19-5-7-20(28-2)8-6-19;/h3-8,17H,9-16H2,1-2H3,(H,23,24);1H. The van der Waals surface area contributed by atoms with E-state index < -0.39 is 0 Å². The van der Waals surface area contributed by atoms with Crippen LogP contribution in [0.25, 0.3) is 0 Å². The highest BCUT2D eigenvalue weighted by molar-refractivity contribution is 14.0. The summed E-state index contributed by atoms with van der Waals surface area (Å²) in [6, 6.07) is 12.0. The maximum Gasteiger partial charge on any atom is 0.219 e. The Bertz CT molecular complexity index is 785. The second-order valence-electron chi connectivity index (χ2n) is 7.05. The van der Waals surface area contributed by atoms with E-state index in [4.69, 9.17) is 14.1 Å². The molecule has 7 nitrogen and oxygen atoms in total. The molecule has 0 aliphatic carbocycles. The molecule has 0 spiro atoms. The highest BCUT2D eigenvalue weighted by Gasteiger charge is 2.21. The lowest BCUT2D eigenvalue weighted by molar-refractivity contribution is -0.130. The van der Waals surface area contributed by atoms with Gasteiger partial charge in [-0.25, -0.2) is 0 Å². The SMILES string of the molecule is COc1ccc(CCNC(=NCCc2ccco2)N2CCN(C(C)=O)CC2)cc1.I. The van der Waals surface area contributed by atoms with E-state index in [9.17, 15) is 4.79 Å². The first-order valence-corrected chi connectivity index (χ1v) is 10.1. The molecule has 2 aromatic rings. The zero-order valence-corrected chi connectivity index (χ0v) is 20.0. The third kappa shape index (κ3) is 7.23. The maximum atomic E-state index is 11.6. The molecule has 0 radical (unpaired) electrons. The number of benzene rings is 1. The van der Waals surface area contributed by atoms with Crippen LogP contribution in [0.5, 0.6) is 5.75 Å². The van der Waals surface area contributed by atoms with Crippen molar-refractivity contribution in [3.63, 3.8) is 0 Å². The van der Waals surface area contributed by atoms with Crippen LogP contribution < -0.4 is 10.1 Å². The molecule has 1 amide bonds. The Morgan fingerprint density at radius 1 is 1.10 bits per heavy atom. The molecular formula is C22H31IN4O3. The van der Waals surface area contributed by atoms with E-state index >= 15 is 0 Å². The summed E-state index contributed by atoms with van der Waals surface area (Å²) in [5, 5.41) is 3.50. The first kappa shape index (κ1) is 24.0. The number of rotatable bonds is 7. The topological polar surface area (TPSA) is 70.3 Å². The number of piperazine rings is 1. The van der Waals surface area contributed by atoms with Crippen LogP contribution in [0.4, 0.5) is 0 Å². The first-order chi connectivity index (χ1) is 14.2. The van der Waals surface area contributed by atoms with Crippen LogP contribution in [-0.2, 0) is 17.6 Å². The molecule has 1 aliphatic rings. The molecule has 1 aromatic heterocycles. The average molecular weight is 526 g/mol. The van der Waals surface area contributed by atoms with Gasteiger partial charge in [-0.1, -0.05) is 12.1 Å². The van der Waals surface area contributed by atoms with Crippen LogP contribution in [0, 0.1) is 0 Å². The second-order valence-corrected chi connectivity index (χ2v) is 7.05. The fourth-order valence-electron chi connectivity index (χ4n) is 3.34. The minimum absolute atomic E-state index is 0. The third-order valence-electron chi connectivity index (χ3n) is 5.08. The first-order valence-electron chi connectivity index (χ1n) is 10.1. The summed E-state index contributed by atoms with van der Waals surface area (Å²) in [6.45, 7) is 6.11. The Hall–Kier alpha value is -2.23. The van der Waals surface area contributed by atoms with Gasteiger partial charge in [0.05, 0.1) is 13.4 Å². The van der Waals surface area contributed by atoms with Gasteiger partial charge in [0.2, 0.25) is 5.91 Å². The number of aliphatic imine (C=N–C) groups is 1. The van der Waals surface area contributed by atoms with Crippen LogP contribution in [0.15, 0.2) is 52.1 Å². The smallest absolute Gasteiger partial charge is 0.219 e. The molecular weight excluding hydrogens is 495 g/mol. The minimum Gasteiger partial charge on any atom is -0.497 e. The summed E-state index contributed by atoms with van der Waals surface area (Å²) in [7, 11) is 1.67. The van der Waals surface area contributed by atoms with Crippen molar-refractivity contribution in [2.45, 2.75) is 19.8 Å². The molecule has 164 valence electrons. The zero-order valence-electron chi connectivity index (χ0n) is 17.7. The predicted octanol–water partition coefficient (Wildman–Crippen LogP) is 2.80. The molecule has 1 saturated heterocycles. The van der Waals surface area contributed by atoms with Crippen LogP contribution in [0.3, 0.4) is 0 Å². The highest BCUT2D eigenvalue weighted by Crippen LogP contribution is 2.11. The fraction of sp³-hybridized carbons (Fsp3) is 0.455. The van der Waals surface area contributed by atoms with E-state index in [0.717, 1.165) is 63.0 Å². The van der Waals surface area contributed by atoms with Crippen molar-refractivity contribution in [2.75, 3.05) is 46.4 Å². The number of carbonyl (C=O) groups excluding carboxylic acids is 1. The number of nitrogens with one attached hydrogen (secondary N) is 1. The zero-order chi connectivity index (χ0) is 20.5. The second kappa shape index (κ2) is 12.5. The van der Waals surface area contributed by atoms with E-state index in [1.54, 1.807) is 20.3 Å². The normalized spacial score (nSPS) is 14.3. The van der Waals surface area contributed by atoms with E-state index in [2.05, 4.69) is 22.3 Å². The molecule has 0 unspecified atom stereocenters. The summed E-state index contributed by atoms with van der Waals surface area (Å²) < 4.78 is 10.6. The lowest BCUT2D eigenvalue weighted by Gasteiger charge is -2.36. The van der Waals surface area contributed by atoms with Crippen molar-refractivity contribution in [3.05, 3.63) is 54.0 Å². The van der Waals surface area contributed by atoms with Gasteiger partial charge in [0.25, 0.3) is 0 Å². The van der Waals surface area contributed by atoms with Gasteiger partial charge in [-0.15, -0.1) is 24.0 Å². The highest BCUT2D eigenvalue weighted by atomic mass is 127. The number of carbonyl (C=O) groups is 1. The Kier molecular flexibility index (Phi) is 9.99. The summed E-state index contributed by atoms with van der Waals surface area (Å²) in [6.07, 6.45) is 3.35. The number of guanidine groups is 1. The van der Waals surface area contributed by atoms with Gasteiger partial charge in [-0.05, 0) is 36.2 Å². The molecule has 1 aliphatic heterocycles. The van der Waals surface area contributed by atoms with Crippen LogP contribution in [0.1, 0.15) is 18.2 Å². The molecule has 30 heavy (non-hydrogen) atoms. The van der Waals surface area contributed by atoms with Gasteiger partial charge in [-0.2, -0.15) is 0 Å². The van der Waals surface area contributed by atoms with Crippen LogP contribution in [0.2, 0.25) is 0 Å². The lowest BCUT2D eigenvalue weighted by atomic mass is 10.1. The van der Waals surface area contributed by atoms with E-state index in [1.165, 1.54) is 5.56 Å². The summed E-state index contributed by atoms with van der Waals surface area (Å²) >= 11 is 0. The number of hydrogen-bond donors (Lipinski definition) is 1. The molecule has 0 saturated carbocycles. The lowest BCUT2D eigenvalue weighted by Crippen LogP contribution is -2.53. The van der Waals surface area contributed by atoms with Crippen molar-refractivity contribution >= 4 is 35.8 Å². The average Bonchev–Trinajstić information content (AvgIpc) is 3.27. The molecule has 3 rings (SSSR count). The quantitative estimate of drug-likeness (QED) is 0.342. The van der Waals surface area contributed by atoms with Crippen LogP contribution >= 0.6 is 24.0 Å². The molecule has 8 heteroatoms. The van der Waals surface area contributed by atoms with Gasteiger partial charge < -0.3 is 24.3 Å². The largest absolute Gasteiger partial charge is 0.497 e. The molecule has 0 bridgehead atoms. The van der Waals surface area contributed by atoms with E-state index in [-0.39, 0.29) is 29.9 Å². The van der Waals surface area contributed by atoms with E-state index in [1.807, 2.05) is 29.2 Å². The number of furan rings is 1. The van der Waals surface area contributed by atoms with Crippen molar-refractivity contribution in [3.8, 4) is 5.75 Å². The molecule has 2 heterocycles. The molecule has 1 fully saturated rings. The maximum absolute atomic E-state index is 11.6. The molecule has 1 N–H and O–H groups in total. The number of amides is 1. The van der Waals surface area contributed by atoms with Gasteiger partial charge in [0.1, 0.15) is 11.5 Å². The van der Waals surface area contributed by atoms with Crippen molar-refractivity contribution < 1.29 is 13.9 Å². The number of halogens is 1. The summed E-state index contributed by atoms with van der Waals surface area (Å²) in [4.78, 5) is 20.5. The van der Waals surface area contributed by atoms with Crippen LogP contribution in [-0.4, -0.2) is 68.0 Å². The predicted molar refractivity (Wildman–Crippen MR) is 129 cm³/mol. The minimum atomic E-state index is 0. The van der Waals surface area contributed by atoms with Gasteiger partial charge in [-0.3, -0.25) is 9.79 Å². The Morgan fingerprint density at radius 3 is 2.40 bits per heavy atom. The van der Waals surface area contributed by atoms with Crippen molar-refractivity contribution in [2.24, 2.45) is 4.99 Å². The van der Waals surface area contributed by atoms with Crippen molar-refractivity contribution in [1.82, 2.24) is 15.1 Å². The summed E-state index contributed by atoms with van der Waals surface area (Å²) in [5.74, 6) is 2.83. The Morgan fingerprint density at radius 2 is 1.80 bits per heavy atom. The molecule has 1 aromatic carbocycles. The van der Waals surface area contributed by atoms with Gasteiger partial charge in [0.15, 0.2) is 5.96 Å². The monoisotopic (exact) mass is 526 g/mol. The van der Waals surface area contributed by atoms with Crippen molar-refractivity contribution in [1.29, 1.82) is 0 Å². The van der Waals surface area contributed by atoms with E-state index in [0.29, 0.717) is 6.54 Å².